The lowest BCUT2D eigenvalue weighted by molar-refractivity contribution is 0.161. The Bertz CT molecular complexity index is 759. The molecule has 160 valence electrons. The van der Waals surface area contributed by atoms with Crippen molar-refractivity contribution in [2.75, 3.05) is 33.2 Å². The summed E-state index contributed by atoms with van der Waals surface area (Å²) in [6, 6.07) is 6.53. The van der Waals surface area contributed by atoms with Crippen LogP contribution in [0.1, 0.15) is 51.8 Å². The molecule has 7 nitrogen and oxygen atoms in total. The fourth-order valence-electron chi connectivity index (χ4n) is 4.15. The van der Waals surface area contributed by atoms with Crippen LogP contribution in [-0.4, -0.2) is 64.7 Å². The number of hydrogen-bond donors (Lipinski definition) is 2. The molecule has 2 N–H and O–H groups in total. The van der Waals surface area contributed by atoms with Crippen LogP contribution in [0.4, 0.5) is 0 Å². The van der Waals surface area contributed by atoms with Crippen LogP contribution in [0.3, 0.4) is 0 Å². The average Bonchev–Trinajstić information content (AvgIpc) is 2.94. The molecule has 0 saturated carbocycles. The predicted molar refractivity (Wildman–Crippen MR) is 119 cm³/mol. The van der Waals surface area contributed by atoms with Crippen LogP contribution in [-0.2, 0) is 6.42 Å². The summed E-state index contributed by atoms with van der Waals surface area (Å²) in [6.07, 6.45) is 9.29. The highest BCUT2D eigenvalue weighted by Crippen LogP contribution is 2.17. The van der Waals surface area contributed by atoms with Gasteiger partial charge >= 0.3 is 0 Å². The fraction of sp³-hybridized carbons (Fsp3) is 0.682. The van der Waals surface area contributed by atoms with Gasteiger partial charge in [0, 0.05) is 38.8 Å². The summed E-state index contributed by atoms with van der Waals surface area (Å²) < 4.78 is 2.06. The zero-order valence-corrected chi connectivity index (χ0v) is 18.3. The largest absolute Gasteiger partial charge is 0.356 e. The lowest BCUT2D eigenvalue weighted by Crippen LogP contribution is -2.49. The van der Waals surface area contributed by atoms with Crippen molar-refractivity contribution < 1.29 is 0 Å². The molecule has 7 heteroatoms. The van der Waals surface area contributed by atoms with Crippen LogP contribution >= 0.6 is 0 Å². The van der Waals surface area contributed by atoms with Crippen molar-refractivity contribution in [1.29, 1.82) is 0 Å². The molecular weight excluding hydrogens is 362 g/mol. The number of aryl methyl sites for hydroxylation is 1. The molecule has 1 aliphatic rings. The first kappa shape index (κ1) is 21.6. The van der Waals surface area contributed by atoms with Crippen LogP contribution in [0.25, 0.3) is 5.65 Å². The summed E-state index contributed by atoms with van der Waals surface area (Å²) in [6.45, 7) is 8.90. The van der Waals surface area contributed by atoms with Crippen molar-refractivity contribution in [2.45, 2.75) is 58.4 Å². The molecule has 0 amide bonds. The zero-order valence-electron chi connectivity index (χ0n) is 18.3. The fourth-order valence-corrected chi connectivity index (χ4v) is 4.15. The number of nitrogens with zero attached hydrogens (tertiary/aromatic N) is 5. The Morgan fingerprint density at radius 3 is 2.62 bits per heavy atom. The number of nitrogens with one attached hydrogen (secondary N) is 2. The summed E-state index contributed by atoms with van der Waals surface area (Å²) in [7, 11) is 1.84. The topological polar surface area (TPSA) is 69.8 Å². The molecule has 2 aromatic heterocycles. The number of aromatic nitrogens is 3. The summed E-state index contributed by atoms with van der Waals surface area (Å²) in [5, 5.41) is 15.5. The monoisotopic (exact) mass is 399 g/mol. The van der Waals surface area contributed by atoms with Gasteiger partial charge in [0.1, 0.15) is 5.82 Å². The standard InChI is InChI=1S/C22H37N7/c1-18(2)19(28-14-7-4-5-8-15-28)17-25-22(23-3)24-13-10-12-21-27-26-20-11-6-9-16-29(20)21/h6,9,11,16,18-19H,4-5,7-8,10,12-15,17H2,1-3H3,(H2,23,24,25). The molecule has 1 aliphatic heterocycles. The van der Waals surface area contributed by atoms with Gasteiger partial charge in [0.2, 0.25) is 0 Å². The molecule has 1 fully saturated rings. The molecule has 0 aliphatic carbocycles. The molecule has 1 atom stereocenters. The second kappa shape index (κ2) is 11.1. The van der Waals surface area contributed by atoms with Gasteiger partial charge in [0.05, 0.1) is 0 Å². The highest BCUT2D eigenvalue weighted by molar-refractivity contribution is 5.79. The van der Waals surface area contributed by atoms with E-state index in [2.05, 4.69) is 49.0 Å². The second-order valence-corrected chi connectivity index (χ2v) is 8.29. The minimum Gasteiger partial charge on any atom is -0.356 e. The zero-order chi connectivity index (χ0) is 20.5. The molecule has 2 aromatic rings. The molecule has 3 heterocycles. The Morgan fingerprint density at radius 1 is 1.10 bits per heavy atom. The Hall–Kier alpha value is -2.15. The summed E-state index contributed by atoms with van der Waals surface area (Å²) in [5.74, 6) is 2.52. The SMILES string of the molecule is CN=C(NCCCc1nnc2ccccn12)NCC(C(C)C)N1CCCCCC1. The maximum atomic E-state index is 4.41. The van der Waals surface area contributed by atoms with E-state index in [0.29, 0.717) is 12.0 Å². The van der Waals surface area contributed by atoms with Crippen LogP contribution < -0.4 is 10.6 Å². The minimum atomic E-state index is 0.550. The van der Waals surface area contributed by atoms with Crippen LogP contribution in [0.5, 0.6) is 0 Å². The highest BCUT2D eigenvalue weighted by atomic mass is 15.2. The number of pyridine rings is 1. The first-order valence-electron chi connectivity index (χ1n) is 11.2. The van der Waals surface area contributed by atoms with Gasteiger partial charge in [-0.25, -0.2) is 0 Å². The Balaban J connectivity index is 1.43. The number of aliphatic imine (C=N–C) groups is 1. The molecule has 3 rings (SSSR count). The number of hydrogen-bond acceptors (Lipinski definition) is 4. The van der Waals surface area contributed by atoms with E-state index in [4.69, 9.17) is 0 Å². The van der Waals surface area contributed by atoms with Gasteiger partial charge in [0.25, 0.3) is 0 Å². The first-order chi connectivity index (χ1) is 14.2. The van der Waals surface area contributed by atoms with E-state index in [1.54, 1.807) is 0 Å². The van der Waals surface area contributed by atoms with Crippen LogP contribution in [0, 0.1) is 5.92 Å². The van der Waals surface area contributed by atoms with Gasteiger partial charge in [-0.1, -0.05) is 32.8 Å². The highest BCUT2D eigenvalue weighted by Gasteiger charge is 2.22. The van der Waals surface area contributed by atoms with E-state index in [1.807, 2.05) is 31.4 Å². The molecule has 0 bridgehead atoms. The maximum absolute atomic E-state index is 4.41. The Kier molecular flexibility index (Phi) is 8.28. The number of fused-ring (bicyclic) bond motifs is 1. The summed E-state index contributed by atoms with van der Waals surface area (Å²) in [4.78, 5) is 7.09. The molecule has 1 unspecified atom stereocenters. The van der Waals surface area contributed by atoms with E-state index in [1.165, 1.54) is 38.8 Å². The average molecular weight is 400 g/mol. The lowest BCUT2D eigenvalue weighted by atomic mass is 10.0. The Morgan fingerprint density at radius 2 is 1.90 bits per heavy atom. The number of guanidine groups is 1. The van der Waals surface area contributed by atoms with E-state index in [0.717, 1.165) is 43.4 Å². The number of rotatable bonds is 8. The first-order valence-corrected chi connectivity index (χ1v) is 11.2. The quantitative estimate of drug-likeness (QED) is 0.406. The van der Waals surface area contributed by atoms with E-state index < -0.39 is 0 Å². The summed E-state index contributed by atoms with van der Waals surface area (Å²) in [5.41, 5.74) is 0.904. The van der Waals surface area contributed by atoms with Gasteiger partial charge in [-0.2, -0.15) is 0 Å². The van der Waals surface area contributed by atoms with Crippen LogP contribution in [0.15, 0.2) is 29.4 Å². The molecular formula is C22H37N7. The second-order valence-electron chi connectivity index (χ2n) is 8.29. The van der Waals surface area contributed by atoms with Gasteiger partial charge in [0.15, 0.2) is 11.6 Å². The van der Waals surface area contributed by atoms with E-state index in [9.17, 15) is 0 Å². The van der Waals surface area contributed by atoms with Crippen molar-refractivity contribution >= 4 is 11.6 Å². The number of likely N-dealkylation sites (tertiary alicyclic amines) is 1. The van der Waals surface area contributed by atoms with Gasteiger partial charge in [-0.15, -0.1) is 10.2 Å². The lowest BCUT2D eigenvalue weighted by Gasteiger charge is -2.34. The van der Waals surface area contributed by atoms with Gasteiger partial charge < -0.3 is 10.6 Å². The van der Waals surface area contributed by atoms with Crippen LogP contribution in [0.2, 0.25) is 0 Å². The third kappa shape index (κ3) is 6.16. The maximum Gasteiger partial charge on any atom is 0.191 e. The minimum absolute atomic E-state index is 0.550. The van der Waals surface area contributed by atoms with Gasteiger partial charge in [-0.05, 0) is 50.4 Å². The molecule has 0 radical (unpaired) electrons. The Labute approximate surface area is 175 Å². The molecule has 29 heavy (non-hydrogen) atoms. The third-order valence-corrected chi connectivity index (χ3v) is 5.84. The summed E-state index contributed by atoms with van der Waals surface area (Å²) >= 11 is 0. The predicted octanol–water partition coefficient (Wildman–Crippen LogP) is 2.73. The van der Waals surface area contributed by atoms with Crippen molar-refractivity contribution in [3.8, 4) is 0 Å². The van der Waals surface area contributed by atoms with E-state index >= 15 is 0 Å². The van der Waals surface area contributed by atoms with Gasteiger partial charge in [-0.3, -0.25) is 14.3 Å². The third-order valence-electron chi connectivity index (χ3n) is 5.84. The molecule has 0 spiro atoms. The normalized spacial score (nSPS) is 17.4. The van der Waals surface area contributed by atoms with Crippen molar-refractivity contribution in [2.24, 2.45) is 10.9 Å². The van der Waals surface area contributed by atoms with Crippen molar-refractivity contribution in [1.82, 2.24) is 30.1 Å². The smallest absolute Gasteiger partial charge is 0.191 e. The molecule has 0 aromatic carbocycles. The van der Waals surface area contributed by atoms with Crippen molar-refractivity contribution in [3.05, 3.63) is 30.2 Å². The van der Waals surface area contributed by atoms with E-state index in [-0.39, 0.29) is 0 Å². The molecule has 1 saturated heterocycles. The van der Waals surface area contributed by atoms with Crippen molar-refractivity contribution in [3.63, 3.8) is 0 Å².